The molecular weight excluding hydrogens is 537 g/mol. The molecule has 2 aromatic carbocycles. The molecule has 0 radical (unpaired) electrons. The lowest BCUT2D eigenvalue weighted by atomic mass is 9.99. The number of likely N-dealkylation sites (N-methyl/N-ethyl adjacent to an activating group) is 1. The summed E-state index contributed by atoms with van der Waals surface area (Å²) < 4.78 is 19.6. The molecule has 1 saturated heterocycles. The molecule has 1 aliphatic heterocycles. The minimum absolute atomic E-state index is 0.0135. The number of nitrogens with one attached hydrogen (secondary N) is 1. The number of hydrogen-bond acceptors (Lipinski definition) is 5. The van der Waals surface area contributed by atoms with Gasteiger partial charge in [0.1, 0.15) is 17.5 Å². The summed E-state index contributed by atoms with van der Waals surface area (Å²) in [7, 11) is 1.73. The van der Waals surface area contributed by atoms with Crippen molar-refractivity contribution in [2.45, 2.75) is 83.9 Å². The average molecular weight is 576 g/mol. The maximum Gasteiger partial charge on any atom is 0.306 e. The summed E-state index contributed by atoms with van der Waals surface area (Å²) in [6.45, 7) is 6.22. The number of ketones is 1. The Morgan fingerprint density at radius 3 is 2.52 bits per heavy atom. The summed E-state index contributed by atoms with van der Waals surface area (Å²) in [6.07, 6.45) is 3.17. The van der Waals surface area contributed by atoms with Gasteiger partial charge in [-0.25, -0.2) is 4.39 Å². The van der Waals surface area contributed by atoms with Crippen molar-refractivity contribution in [3.63, 3.8) is 0 Å². The van der Waals surface area contributed by atoms with E-state index in [1.54, 1.807) is 37.6 Å². The zero-order chi connectivity index (χ0) is 30.2. The Balaban J connectivity index is 1.25. The highest BCUT2D eigenvalue weighted by atomic mass is 19.1. The van der Waals surface area contributed by atoms with Crippen LogP contribution in [0, 0.1) is 5.82 Å². The quantitative estimate of drug-likeness (QED) is 0.372. The Kier molecular flexibility index (Phi) is 8.21. The second-order valence-electron chi connectivity index (χ2n) is 12.4. The number of halogens is 1. The van der Waals surface area contributed by atoms with E-state index < -0.39 is 23.4 Å². The molecule has 8 nitrogen and oxygen atoms in total. The van der Waals surface area contributed by atoms with E-state index in [-0.39, 0.29) is 30.4 Å². The lowest BCUT2D eigenvalue weighted by molar-refractivity contribution is -0.156. The summed E-state index contributed by atoms with van der Waals surface area (Å²) in [4.78, 5) is 57.5. The predicted octanol–water partition coefficient (Wildman–Crippen LogP) is 5.56. The van der Waals surface area contributed by atoms with Gasteiger partial charge in [0.15, 0.2) is 5.78 Å². The Morgan fingerprint density at radius 1 is 1.07 bits per heavy atom. The molecule has 3 aromatic rings. The van der Waals surface area contributed by atoms with Crippen LogP contribution in [0.25, 0.3) is 22.2 Å². The van der Waals surface area contributed by atoms with Crippen LogP contribution < -0.4 is 0 Å². The Hall–Kier alpha value is -4.01. The summed E-state index contributed by atoms with van der Waals surface area (Å²) in [5.74, 6) is -1.22. The van der Waals surface area contributed by atoms with Crippen molar-refractivity contribution in [3.05, 3.63) is 58.9 Å². The lowest BCUT2D eigenvalue weighted by Gasteiger charge is -2.28. The van der Waals surface area contributed by atoms with Gasteiger partial charge in [-0.2, -0.15) is 0 Å². The topological polar surface area (TPSA) is 99.8 Å². The maximum absolute atomic E-state index is 14.3. The van der Waals surface area contributed by atoms with Crippen LogP contribution in [-0.2, 0) is 32.1 Å². The standard InChI is InChI=1S/C33H38FN3O5/c1-33(2,3)42-29(40)15-14-28(39)37-16-6-8-26(37)32(41)36(4)19-20-10-12-21(13-11-20)31-23-7-5-9-27(38)24-17-22(34)18-25(35-31)30(23)24/h10-13,17-18,26,35H,5-9,14-16,19H2,1-4H3/t26-/m0/s1. The highest BCUT2D eigenvalue weighted by Crippen LogP contribution is 2.37. The molecule has 1 fully saturated rings. The van der Waals surface area contributed by atoms with Crippen LogP contribution in [0.2, 0.25) is 0 Å². The zero-order valence-electron chi connectivity index (χ0n) is 24.7. The molecule has 2 heterocycles. The smallest absolute Gasteiger partial charge is 0.306 e. The van der Waals surface area contributed by atoms with Gasteiger partial charge in [-0.1, -0.05) is 24.3 Å². The summed E-state index contributed by atoms with van der Waals surface area (Å²) in [6, 6.07) is 10.1. The third-order valence-corrected chi connectivity index (χ3v) is 7.96. The van der Waals surface area contributed by atoms with Crippen LogP contribution in [0.3, 0.4) is 0 Å². The fourth-order valence-electron chi connectivity index (χ4n) is 6.09. The SMILES string of the molecule is CN(Cc1ccc(-c2[nH]c3cc(F)cc4c3c2CCCC4=O)cc1)C(=O)[C@@H]1CCCN1C(=O)CCC(=O)OC(C)(C)C. The normalized spacial score (nSPS) is 16.9. The fourth-order valence-corrected chi connectivity index (χ4v) is 6.09. The Bertz CT molecular complexity index is 1540. The number of esters is 1. The number of carbonyl (C=O) groups excluding carboxylic acids is 4. The number of likely N-dealkylation sites (tertiary alicyclic amines) is 1. The number of ether oxygens (including phenoxy) is 1. The zero-order valence-corrected chi connectivity index (χ0v) is 24.7. The first-order valence-electron chi connectivity index (χ1n) is 14.6. The van der Waals surface area contributed by atoms with Gasteiger partial charge in [0.25, 0.3) is 0 Å². The second kappa shape index (κ2) is 11.7. The number of aryl methyl sites for hydroxylation is 1. The number of carbonyl (C=O) groups is 4. The van der Waals surface area contributed by atoms with E-state index in [1.165, 1.54) is 12.1 Å². The van der Waals surface area contributed by atoms with E-state index in [0.717, 1.165) is 40.6 Å². The van der Waals surface area contributed by atoms with E-state index >= 15 is 0 Å². The van der Waals surface area contributed by atoms with Gasteiger partial charge in [-0.3, -0.25) is 19.2 Å². The lowest BCUT2D eigenvalue weighted by Crippen LogP contribution is -2.46. The third kappa shape index (κ3) is 6.25. The molecule has 2 aliphatic rings. The summed E-state index contributed by atoms with van der Waals surface area (Å²) >= 11 is 0. The number of benzene rings is 2. The summed E-state index contributed by atoms with van der Waals surface area (Å²) in [5, 5.41) is 0.810. The molecule has 0 bridgehead atoms. The van der Waals surface area contributed by atoms with Gasteiger partial charge in [0.05, 0.1) is 6.42 Å². The van der Waals surface area contributed by atoms with Crippen LogP contribution in [0.15, 0.2) is 36.4 Å². The van der Waals surface area contributed by atoms with Crippen molar-refractivity contribution in [3.8, 4) is 11.3 Å². The molecule has 9 heteroatoms. The van der Waals surface area contributed by atoms with E-state index in [0.29, 0.717) is 43.4 Å². The number of amides is 2. The van der Waals surface area contributed by atoms with Gasteiger partial charge in [-0.05, 0) is 75.3 Å². The molecule has 0 saturated carbocycles. The van der Waals surface area contributed by atoms with Crippen molar-refractivity contribution < 1.29 is 28.3 Å². The van der Waals surface area contributed by atoms with Crippen molar-refractivity contribution in [1.82, 2.24) is 14.8 Å². The van der Waals surface area contributed by atoms with Crippen LogP contribution in [0.4, 0.5) is 4.39 Å². The largest absolute Gasteiger partial charge is 0.460 e. The third-order valence-electron chi connectivity index (χ3n) is 7.96. The van der Waals surface area contributed by atoms with Gasteiger partial charge in [-0.15, -0.1) is 0 Å². The molecule has 2 amide bonds. The molecule has 1 N–H and O–H groups in total. The number of aromatic nitrogens is 1. The molecule has 0 spiro atoms. The first-order valence-corrected chi connectivity index (χ1v) is 14.6. The first kappa shape index (κ1) is 29.5. The fraction of sp³-hybridized carbons (Fsp3) is 0.455. The molecule has 42 heavy (non-hydrogen) atoms. The van der Waals surface area contributed by atoms with E-state index in [1.807, 2.05) is 24.3 Å². The number of aromatic amines is 1. The van der Waals surface area contributed by atoms with Crippen LogP contribution in [0.1, 0.15) is 80.8 Å². The van der Waals surface area contributed by atoms with Crippen molar-refractivity contribution in [2.24, 2.45) is 0 Å². The molecule has 1 atom stereocenters. The predicted molar refractivity (Wildman–Crippen MR) is 157 cm³/mol. The van der Waals surface area contributed by atoms with Gasteiger partial charge >= 0.3 is 5.97 Å². The number of H-pyrrole nitrogens is 1. The average Bonchev–Trinajstić information content (AvgIpc) is 3.51. The minimum Gasteiger partial charge on any atom is -0.460 e. The number of hydrogen-bond donors (Lipinski definition) is 1. The van der Waals surface area contributed by atoms with Gasteiger partial charge in [0.2, 0.25) is 11.8 Å². The highest BCUT2D eigenvalue weighted by molar-refractivity contribution is 6.11. The molecule has 222 valence electrons. The first-order chi connectivity index (χ1) is 19.9. The Morgan fingerprint density at radius 2 is 1.81 bits per heavy atom. The Labute approximate surface area is 245 Å². The summed E-state index contributed by atoms with van der Waals surface area (Å²) in [5.41, 5.74) is 4.23. The molecule has 5 rings (SSSR count). The van der Waals surface area contributed by atoms with Crippen LogP contribution in [-0.4, -0.2) is 63.6 Å². The van der Waals surface area contributed by atoms with Crippen LogP contribution >= 0.6 is 0 Å². The number of rotatable bonds is 7. The number of nitrogens with zero attached hydrogens (tertiary/aromatic N) is 2. The highest BCUT2D eigenvalue weighted by Gasteiger charge is 2.35. The van der Waals surface area contributed by atoms with Crippen molar-refractivity contribution >= 4 is 34.5 Å². The molecule has 1 aromatic heterocycles. The van der Waals surface area contributed by atoms with Crippen molar-refractivity contribution in [1.29, 1.82) is 0 Å². The number of Topliss-reactive ketones (excluding diaryl/α,β-unsaturated/α-hetero) is 1. The van der Waals surface area contributed by atoms with Crippen molar-refractivity contribution in [2.75, 3.05) is 13.6 Å². The van der Waals surface area contributed by atoms with E-state index in [9.17, 15) is 23.6 Å². The van der Waals surface area contributed by atoms with E-state index in [2.05, 4.69) is 4.98 Å². The van der Waals surface area contributed by atoms with Gasteiger partial charge in [0, 0.05) is 55.1 Å². The minimum atomic E-state index is -0.609. The molecular formula is C33H38FN3O5. The van der Waals surface area contributed by atoms with E-state index in [4.69, 9.17) is 4.74 Å². The van der Waals surface area contributed by atoms with Gasteiger partial charge < -0.3 is 19.5 Å². The maximum atomic E-state index is 14.3. The van der Waals surface area contributed by atoms with Crippen LogP contribution in [0.5, 0.6) is 0 Å². The molecule has 1 aliphatic carbocycles. The monoisotopic (exact) mass is 575 g/mol. The molecule has 0 unspecified atom stereocenters. The second-order valence-corrected chi connectivity index (χ2v) is 12.4.